The van der Waals surface area contributed by atoms with Gasteiger partial charge in [-0.05, 0) is 98.9 Å². The summed E-state index contributed by atoms with van der Waals surface area (Å²) >= 11 is 0. The van der Waals surface area contributed by atoms with E-state index in [1.807, 2.05) is 33.8 Å². The van der Waals surface area contributed by atoms with Crippen LogP contribution in [0.3, 0.4) is 0 Å². The number of cyclic esters (lactones) is 1. The van der Waals surface area contributed by atoms with Gasteiger partial charge in [-0.3, -0.25) is 34.1 Å². The first-order valence-electron chi connectivity index (χ1n) is 25.6. The van der Waals surface area contributed by atoms with Crippen LogP contribution >= 0.6 is 0 Å². The Hall–Kier alpha value is -5.62. The summed E-state index contributed by atoms with van der Waals surface area (Å²) < 4.78 is 20.6. The number of urea groups is 1. The summed E-state index contributed by atoms with van der Waals surface area (Å²) in [4.78, 5) is 82.3. The van der Waals surface area contributed by atoms with Gasteiger partial charge in [-0.1, -0.05) is 53.3 Å². The number of ether oxygens (including phenoxy) is 3. The van der Waals surface area contributed by atoms with E-state index < -0.39 is 41.0 Å². The molecule has 71 heavy (non-hydrogen) atoms. The van der Waals surface area contributed by atoms with Gasteiger partial charge in [0.25, 0.3) is 5.91 Å². The molecule has 5 aliphatic heterocycles. The molecule has 7 atom stereocenters. The molecule has 3 fully saturated rings. The second kappa shape index (κ2) is 21.2. The summed E-state index contributed by atoms with van der Waals surface area (Å²) in [6, 6.07) is 7.75. The van der Waals surface area contributed by atoms with Crippen molar-refractivity contribution in [3.8, 4) is 11.3 Å². The van der Waals surface area contributed by atoms with Crippen molar-refractivity contribution in [2.45, 2.75) is 117 Å². The van der Waals surface area contributed by atoms with Crippen LogP contribution in [0.2, 0.25) is 0 Å². The molecule has 0 aliphatic carbocycles. The molecule has 7 heterocycles. The Morgan fingerprint density at radius 3 is 2.61 bits per heavy atom. The number of nitrogens with zero attached hydrogens (tertiary/aromatic N) is 7. The lowest BCUT2D eigenvalue weighted by molar-refractivity contribution is -0.155. The van der Waals surface area contributed by atoms with Gasteiger partial charge in [-0.2, -0.15) is 0 Å². The number of hydrogen-bond acceptors (Lipinski definition) is 11. The first kappa shape index (κ1) is 51.7. The number of pyridine rings is 1. The van der Waals surface area contributed by atoms with Gasteiger partial charge in [0.05, 0.1) is 36.2 Å². The molecule has 0 saturated carbocycles. The van der Waals surface area contributed by atoms with E-state index in [9.17, 15) is 24.0 Å². The molecule has 1 unspecified atom stereocenters. The fourth-order valence-corrected chi connectivity index (χ4v) is 11.5. The molecule has 5 amide bonds. The van der Waals surface area contributed by atoms with Gasteiger partial charge >= 0.3 is 12.0 Å². The van der Waals surface area contributed by atoms with E-state index >= 15 is 0 Å². The van der Waals surface area contributed by atoms with Crippen LogP contribution in [-0.4, -0.2) is 161 Å². The van der Waals surface area contributed by atoms with Gasteiger partial charge in [0.15, 0.2) is 0 Å². The van der Waals surface area contributed by atoms with Gasteiger partial charge in [-0.25, -0.2) is 10.2 Å². The van der Waals surface area contributed by atoms with Gasteiger partial charge in [-0.15, -0.1) is 0 Å². The largest absolute Gasteiger partial charge is 0.464 e. The number of methoxy groups -OCH3 is 1. The minimum Gasteiger partial charge on any atom is -0.464 e. The SMILES string of the molecule is C=CC(=O)N1CO[C@]2(CCN(C(=O)N(C)[C@H](C(=O)N[C@H]3CN4CCC=C(C4)c4ccc5c(c4)c(c(-c4cccnc4[C@H](C)OC)n5CC)CC(C)(C)COC(=O)[C@@H]4CCCN(N4)C3=O)C(C)C)C[C@H]2C)C1. The van der Waals surface area contributed by atoms with E-state index in [-0.39, 0.29) is 55.7 Å². The van der Waals surface area contributed by atoms with Crippen LogP contribution in [0.4, 0.5) is 4.79 Å². The topological polar surface area (TPSA) is 171 Å². The van der Waals surface area contributed by atoms with E-state index in [4.69, 9.17) is 19.2 Å². The molecule has 17 heteroatoms. The number of piperidine rings is 1. The molecule has 17 nitrogen and oxygen atoms in total. The smallest absolute Gasteiger partial charge is 0.324 e. The molecule has 0 radical (unpaired) electrons. The van der Waals surface area contributed by atoms with Gasteiger partial charge < -0.3 is 38.8 Å². The second-order valence-corrected chi connectivity index (χ2v) is 21.5. The normalized spacial score (nSPS) is 25.9. The summed E-state index contributed by atoms with van der Waals surface area (Å²) in [5, 5.41) is 5.71. The molecule has 3 saturated heterocycles. The van der Waals surface area contributed by atoms with Gasteiger partial charge in [0.1, 0.15) is 24.9 Å². The van der Waals surface area contributed by atoms with E-state index in [0.29, 0.717) is 71.5 Å². The zero-order valence-electron chi connectivity index (χ0n) is 43.3. The molecule has 1 spiro atoms. The number of hydrogen-bond donors (Lipinski definition) is 2. The van der Waals surface area contributed by atoms with Crippen LogP contribution in [0.25, 0.3) is 27.7 Å². The number of esters is 1. The zero-order valence-corrected chi connectivity index (χ0v) is 43.3. The lowest BCUT2D eigenvalue weighted by Gasteiger charge is -2.45. The molecule has 8 rings (SSSR count). The third kappa shape index (κ3) is 10.5. The number of likely N-dealkylation sites (tertiary alicyclic amines) is 1. The first-order chi connectivity index (χ1) is 33.9. The monoisotopic (exact) mass is 978 g/mol. The summed E-state index contributed by atoms with van der Waals surface area (Å²) in [6.45, 7) is 21.8. The Morgan fingerprint density at radius 2 is 1.89 bits per heavy atom. The van der Waals surface area contributed by atoms with Crippen LogP contribution in [0.15, 0.2) is 55.3 Å². The van der Waals surface area contributed by atoms with Crippen molar-refractivity contribution in [3.05, 3.63) is 72.1 Å². The molecule has 1 aromatic carbocycles. The van der Waals surface area contributed by atoms with Crippen molar-refractivity contribution in [2.24, 2.45) is 17.3 Å². The number of likely N-dealkylation sites (N-methyl/N-ethyl adjacent to an activating group) is 1. The quantitative estimate of drug-likeness (QED) is 0.197. The molecule has 5 aliphatic rings. The van der Waals surface area contributed by atoms with Crippen molar-refractivity contribution < 1.29 is 38.2 Å². The number of hydrazine groups is 1. The van der Waals surface area contributed by atoms with E-state index in [1.165, 1.54) is 16.0 Å². The van der Waals surface area contributed by atoms with Crippen LogP contribution in [0.5, 0.6) is 0 Å². The Bertz CT molecular complexity index is 2560. The van der Waals surface area contributed by atoms with Crippen LogP contribution in [0.1, 0.15) is 97.1 Å². The van der Waals surface area contributed by atoms with Gasteiger partial charge in [0.2, 0.25) is 11.8 Å². The molecular weight excluding hydrogens is 903 g/mol. The Labute approximate surface area is 418 Å². The van der Waals surface area contributed by atoms with E-state index in [1.54, 1.807) is 30.2 Å². The maximum Gasteiger partial charge on any atom is 0.324 e. The number of carbonyl (C=O) groups is 5. The molecule has 2 aromatic heterocycles. The van der Waals surface area contributed by atoms with E-state index in [0.717, 1.165) is 51.0 Å². The lowest BCUT2D eigenvalue weighted by atomic mass is 9.82. The lowest BCUT2D eigenvalue weighted by Crippen LogP contribution is -2.64. The number of rotatable bonds is 9. The average Bonchev–Trinajstić information content (AvgIpc) is 3.94. The number of carbonyl (C=O) groups excluding carboxylic acids is 5. The standard InChI is InChI=1S/C54H75N9O8/c1-11-45(64)61-31-54(71-33-61)21-25-60(28-35(54)5)52(68)58(9)47(34(3)4)49(65)56-43-30-59-23-14-16-38(29-59)37-19-20-44-40(26-37)41(48(62(44)12-2)39-17-13-22-55-46(39)36(6)69-10)27-53(7,8)32-70-51(67)42-18-15-24-63(57-42)50(43)66/h11,13,16-17,19-20,22,26,34-36,42-43,47,57H,1,12,14-15,18,21,23-25,27-33H2,2-10H3,(H,56,65)/t35-,36+,42+,43+,47+,54-/m1/s1. The number of benzene rings is 1. The van der Waals surface area contributed by atoms with Crippen molar-refractivity contribution in [1.29, 1.82) is 0 Å². The third-order valence-electron chi connectivity index (χ3n) is 15.5. The highest BCUT2D eigenvalue weighted by Gasteiger charge is 2.49. The summed E-state index contributed by atoms with van der Waals surface area (Å²) in [5.74, 6) is -1.82. The molecular formula is C54H75N9O8. The Kier molecular flexibility index (Phi) is 15.5. The maximum atomic E-state index is 14.9. The minimum absolute atomic E-state index is 0.0793. The third-order valence-corrected chi connectivity index (χ3v) is 15.5. The number of aryl methyl sites for hydroxylation is 1. The van der Waals surface area contributed by atoms with Crippen LogP contribution in [-0.2, 0) is 46.4 Å². The average molecular weight is 978 g/mol. The van der Waals surface area contributed by atoms with Crippen molar-refractivity contribution >= 4 is 46.2 Å². The van der Waals surface area contributed by atoms with Crippen molar-refractivity contribution in [1.82, 2.24) is 44.9 Å². The van der Waals surface area contributed by atoms with Crippen LogP contribution in [0, 0.1) is 17.3 Å². The highest BCUT2D eigenvalue weighted by molar-refractivity contribution is 5.95. The zero-order chi connectivity index (χ0) is 50.9. The Balaban J connectivity index is 1.09. The molecule has 384 valence electrons. The predicted octanol–water partition coefficient (Wildman–Crippen LogP) is 5.78. The Morgan fingerprint density at radius 1 is 1.10 bits per heavy atom. The maximum absolute atomic E-state index is 14.9. The summed E-state index contributed by atoms with van der Waals surface area (Å²) in [5.41, 5.74) is 9.48. The fraction of sp³-hybridized carbons (Fsp3) is 0.593. The molecule has 3 aromatic rings. The highest BCUT2D eigenvalue weighted by atomic mass is 16.5. The summed E-state index contributed by atoms with van der Waals surface area (Å²) in [7, 11) is 3.34. The van der Waals surface area contributed by atoms with Crippen LogP contribution < -0.4 is 10.7 Å². The number of nitrogens with one attached hydrogen (secondary N) is 2. The fourth-order valence-electron chi connectivity index (χ4n) is 11.5. The number of aromatic nitrogens is 2. The minimum atomic E-state index is -1.01. The predicted molar refractivity (Wildman–Crippen MR) is 271 cm³/mol. The summed E-state index contributed by atoms with van der Waals surface area (Å²) in [6.07, 6.45) is 8.04. The molecule has 2 N–H and O–H groups in total. The van der Waals surface area contributed by atoms with E-state index in [2.05, 4.69) is 77.9 Å². The second-order valence-electron chi connectivity index (χ2n) is 21.5. The van der Waals surface area contributed by atoms with Gasteiger partial charge in [0, 0.05) is 94.0 Å². The highest BCUT2D eigenvalue weighted by Crippen LogP contribution is 2.42. The number of fused-ring (bicyclic) bond motifs is 6. The number of amides is 5. The van der Waals surface area contributed by atoms with Crippen molar-refractivity contribution in [3.63, 3.8) is 0 Å². The molecule has 6 bridgehead atoms. The van der Waals surface area contributed by atoms with Crippen molar-refractivity contribution in [2.75, 3.05) is 73.3 Å². The first-order valence-corrected chi connectivity index (χ1v) is 25.6.